The van der Waals surface area contributed by atoms with E-state index in [2.05, 4.69) is 15.0 Å². The Morgan fingerprint density at radius 1 is 1.05 bits per heavy atom. The molecule has 4 nitrogen and oxygen atoms in total. The molecule has 0 bridgehead atoms. The zero-order chi connectivity index (χ0) is 14.1. The molecule has 5 heteroatoms. The van der Waals surface area contributed by atoms with Gasteiger partial charge in [0.15, 0.2) is 0 Å². The van der Waals surface area contributed by atoms with Crippen molar-refractivity contribution in [3.05, 3.63) is 53.3 Å². The van der Waals surface area contributed by atoms with E-state index < -0.39 is 0 Å². The van der Waals surface area contributed by atoms with Crippen LogP contribution < -0.4 is 5.73 Å². The maximum absolute atomic E-state index is 6.02. The fourth-order valence-corrected chi connectivity index (χ4v) is 2.15. The quantitative estimate of drug-likeness (QED) is 0.783. The number of aromatic nitrogens is 3. The van der Waals surface area contributed by atoms with Gasteiger partial charge in [-0.3, -0.25) is 4.98 Å². The third kappa shape index (κ3) is 2.35. The molecule has 20 heavy (non-hydrogen) atoms. The van der Waals surface area contributed by atoms with Crippen molar-refractivity contribution < 1.29 is 0 Å². The molecular weight excluding hydrogens is 272 g/mol. The minimum absolute atomic E-state index is 0.223. The monoisotopic (exact) mass is 284 g/mol. The van der Waals surface area contributed by atoms with Crippen LogP contribution in [0.4, 0.5) is 0 Å². The van der Waals surface area contributed by atoms with Crippen molar-refractivity contribution in [2.75, 3.05) is 0 Å². The van der Waals surface area contributed by atoms with E-state index in [1.54, 1.807) is 12.3 Å². The Morgan fingerprint density at radius 2 is 1.75 bits per heavy atom. The number of nitrogens with zero attached hydrogens (tertiary/aromatic N) is 3. The molecule has 0 spiro atoms. The number of nitrogens with two attached hydrogens (primary N) is 1. The van der Waals surface area contributed by atoms with Gasteiger partial charge >= 0.3 is 0 Å². The normalized spacial score (nSPS) is 12.6. The van der Waals surface area contributed by atoms with Crippen molar-refractivity contribution in [3.8, 4) is 11.4 Å². The molecule has 0 aliphatic rings. The fraction of sp³-hybridized carbons (Fsp3) is 0.133. The summed E-state index contributed by atoms with van der Waals surface area (Å²) in [6.07, 6.45) is 1.60. The molecule has 0 radical (unpaired) electrons. The summed E-state index contributed by atoms with van der Waals surface area (Å²) in [5.74, 6) is 0. The fourth-order valence-electron chi connectivity index (χ4n) is 2.04. The van der Waals surface area contributed by atoms with Crippen LogP contribution in [-0.2, 0) is 0 Å². The molecule has 0 fully saturated rings. The van der Waals surface area contributed by atoms with Crippen LogP contribution in [0.15, 0.2) is 42.6 Å². The van der Waals surface area contributed by atoms with Crippen molar-refractivity contribution in [2.24, 2.45) is 5.73 Å². The van der Waals surface area contributed by atoms with Crippen LogP contribution in [0.25, 0.3) is 22.4 Å². The van der Waals surface area contributed by atoms with Crippen molar-refractivity contribution in [1.82, 2.24) is 15.0 Å². The SMILES string of the molecule is C[C@H](N)c1nc2ccccc2nc1-c1ccc(Cl)cn1. The molecule has 1 atom stereocenters. The molecule has 2 N–H and O–H groups in total. The highest BCUT2D eigenvalue weighted by Gasteiger charge is 2.15. The van der Waals surface area contributed by atoms with Crippen molar-refractivity contribution >= 4 is 22.6 Å². The predicted molar refractivity (Wildman–Crippen MR) is 80.4 cm³/mol. The Hall–Kier alpha value is -2.04. The van der Waals surface area contributed by atoms with E-state index in [0.717, 1.165) is 22.4 Å². The van der Waals surface area contributed by atoms with E-state index in [-0.39, 0.29) is 6.04 Å². The van der Waals surface area contributed by atoms with Crippen LogP contribution in [0.3, 0.4) is 0 Å². The Balaban J connectivity index is 2.26. The molecule has 0 aliphatic heterocycles. The van der Waals surface area contributed by atoms with Gasteiger partial charge in [-0.2, -0.15) is 0 Å². The largest absolute Gasteiger partial charge is 0.323 e. The molecule has 2 aromatic heterocycles. The van der Waals surface area contributed by atoms with E-state index in [1.165, 1.54) is 0 Å². The number of hydrogen-bond donors (Lipinski definition) is 1. The minimum atomic E-state index is -0.223. The first-order chi connectivity index (χ1) is 9.65. The second kappa shape index (κ2) is 5.15. The zero-order valence-electron chi connectivity index (χ0n) is 10.9. The number of para-hydroxylation sites is 2. The summed E-state index contributed by atoms with van der Waals surface area (Å²) >= 11 is 5.87. The number of hydrogen-bond acceptors (Lipinski definition) is 4. The summed E-state index contributed by atoms with van der Waals surface area (Å²) in [5, 5.41) is 0.588. The molecule has 3 rings (SSSR count). The Labute approximate surface area is 121 Å². The van der Waals surface area contributed by atoms with Gasteiger partial charge in [-0.1, -0.05) is 23.7 Å². The summed E-state index contributed by atoms with van der Waals surface area (Å²) in [5.41, 5.74) is 9.83. The average molecular weight is 285 g/mol. The van der Waals surface area contributed by atoms with E-state index in [4.69, 9.17) is 17.3 Å². The first kappa shape index (κ1) is 13.0. The molecule has 1 aromatic carbocycles. The summed E-state index contributed by atoms with van der Waals surface area (Å²) < 4.78 is 0. The molecule has 0 aliphatic carbocycles. The average Bonchev–Trinajstić information content (AvgIpc) is 2.46. The first-order valence-electron chi connectivity index (χ1n) is 6.29. The van der Waals surface area contributed by atoms with Crippen LogP contribution >= 0.6 is 11.6 Å². The van der Waals surface area contributed by atoms with E-state index in [0.29, 0.717) is 10.7 Å². The lowest BCUT2D eigenvalue weighted by molar-refractivity contribution is 0.782. The minimum Gasteiger partial charge on any atom is -0.323 e. The summed E-state index contributed by atoms with van der Waals surface area (Å²) in [4.78, 5) is 13.6. The molecule has 0 amide bonds. The first-order valence-corrected chi connectivity index (χ1v) is 6.67. The maximum atomic E-state index is 6.02. The van der Waals surface area contributed by atoms with Gasteiger partial charge in [0.05, 0.1) is 27.4 Å². The predicted octanol–water partition coefficient (Wildman–Crippen LogP) is 3.36. The molecule has 0 saturated heterocycles. The lowest BCUT2D eigenvalue weighted by atomic mass is 10.1. The standard InChI is InChI=1S/C15H13ClN4/c1-9(17)14-15(13-7-6-10(16)8-18-13)20-12-5-3-2-4-11(12)19-14/h2-9H,17H2,1H3/t9-/m0/s1. The van der Waals surface area contributed by atoms with Gasteiger partial charge in [0.1, 0.15) is 5.69 Å². The summed E-state index contributed by atoms with van der Waals surface area (Å²) in [7, 11) is 0. The number of fused-ring (bicyclic) bond motifs is 1. The lowest BCUT2D eigenvalue weighted by Gasteiger charge is -2.12. The molecule has 3 aromatic rings. The Morgan fingerprint density at radius 3 is 2.35 bits per heavy atom. The highest BCUT2D eigenvalue weighted by molar-refractivity contribution is 6.30. The Bertz CT molecular complexity index is 753. The zero-order valence-corrected chi connectivity index (χ0v) is 11.7. The van der Waals surface area contributed by atoms with Crippen LogP contribution in [0.2, 0.25) is 5.02 Å². The van der Waals surface area contributed by atoms with Crippen LogP contribution in [0.5, 0.6) is 0 Å². The van der Waals surface area contributed by atoms with Gasteiger partial charge in [-0.05, 0) is 31.2 Å². The molecule has 0 unspecified atom stereocenters. The third-order valence-electron chi connectivity index (χ3n) is 3.00. The van der Waals surface area contributed by atoms with Crippen LogP contribution in [0.1, 0.15) is 18.7 Å². The van der Waals surface area contributed by atoms with Crippen molar-refractivity contribution in [3.63, 3.8) is 0 Å². The van der Waals surface area contributed by atoms with Crippen molar-refractivity contribution in [1.29, 1.82) is 0 Å². The topological polar surface area (TPSA) is 64.7 Å². The van der Waals surface area contributed by atoms with E-state index in [9.17, 15) is 0 Å². The highest BCUT2D eigenvalue weighted by Crippen LogP contribution is 2.25. The highest BCUT2D eigenvalue weighted by atomic mass is 35.5. The second-order valence-electron chi connectivity index (χ2n) is 4.60. The molecule has 0 saturated carbocycles. The lowest BCUT2D eigenvalue weighted by Crippen LogP contribution is -2.11. The van der Waals surface area contributed by atoms with Gasteiger partial charge < -0.3 is 5.73 Å². The number of halogens is 1. The van der Waals surface area contributed by atoms with E-state index in [1.807, 2.05) is 37.3 Å². The number of rotatable bonds is 2. The molecule has 2 heterocycles. The number of pyridine rings is 1. The van der Waals surface area contributed by atoms with Gasteiger partial charge in [-0.15, -0.1) is 0 Å². The summed E-state index contributed by atoms with van der Waals surface area (Å²) in [6.45, 7) is 1.89. The van der Waals surface area contributed by atoms with Gasteiger partial charge in [0.25, 0.3) is 0 Å². The van der Waals surface area contributed by atoms with Gasteiger partial charge in [-0.25, -0.2) is 9.97 Å². The van der Waals surface area contributed by atoms with Gasteiger partial charge in [0.2, 0.25) is 0 Å². The van der Waals surface area contributed by atoms with Crippen molar-refractivity contribution in [2.45, 2.75) is 13.0 Å². The molecule has 100 valence electrons. The van der Waals surface area contributed by atoms with Gasteiger partial charge in [0, 0.05) is 12.2 Å². The number of benzene rings is 1. The van der Waals surface area contributed by atoms with Crippen LogP contribution in [0, 0.1) is 0 Å². The van der Waals surface area contributed by atoms with E-state index >= 15 is 0 Å². The molecular formula is C15H13ClN4. The second-order valence-corrected chi connectivity index (χ2v) is 5.03. The Kier molecular flexibility index (Phi) is 3.34. The summed E-state index contributed by atoms with van der Waals surface area (Å²) in [6, 6.07) is 11.1. The smallest absolute Gasteiger partial charge is 0.112 e. The maximum Gasteiger partial charge on any atom is 0.112 e. The van der Waals surface area contributed by atoms with Crippen LogP contribution in [-0.4, -0.2) is 15.0 Å². The third-order valence-corrected chi connectivity index (χ3v) is 3.22.